The number of anilines is 1. The van der Waals surface area contributed by atoms with Crippen molar-refractivity contribution in [2.75, 3.05) is 5.73 Å². The number of aromatic nitrogens is 2. The molecule has 0 atom stereocenters. The van der Waals surface area contributed by atoms with Gasteiger partial charge in [0.15, 0.2) is 0 Å². The second-order valence-corrected chi connectivity index (χ2v) is 5.10. The largest absolute Gasteiger partial charge is 0.469 e. The van der Waals surface area contributed by atoms with E-state index < -0.39 is 0 Å². The maximum atomic E-state index is 6.12. The summed E-state index contributed by atoms with van der Waals surface area (Å²) in [5.74, 6) is 1.54. The molecule has 3 aromatic rings. The average molecular weight is 259 g/mol. The molecule has 4 nitrogen and oxygen atoms in total. The fourth-order valence-electron chi connectivity index (χ4n) is 1.97. The minimum absolute atomic E-state index is 0.673. The first-order chi connectivity index (χ1) is 8.66. The molecular formula is C13H13N3OS. The van der Waals surface area contributed by atoms with Crippen LogP contribution in [0.3, 0.4) is 0 Å². The second kappa shape index (κ2) is 4.03. The Kier molecular flexibility index (Phi) is 2.48. The van der Waals surface area contributed by atoms with Crippen LogP contribution >= 0.6 is 11.3 Å². The van der Waals surface area contributed by atoms with Crippen LogP contribution in [0.25, 0.3) is 21.7 Å². The first-order valence-corrected chi connectivity index (χ1v) is 6.46. The summed E-state index contributed by atoms with van der Waals surface area (Å²) in [6.45, 7) is 1.92. The Morgan fingerprint density at radius 2 is 2.28 bits per heavy atom. The second-order valence-electron chi connectivity index (χ2n) is 4.16. The van der Waals surface area contributed by atoms with Gasteiger partial charge in [0, 0.05) is 17.5 Å². The van der Waals surface area contributed by atoms with E-state index in [1.54, 1.807) is 22.3 Å². The molecular weight excluding hydrogens is 246 g/mol. The summed E-state index contributed by atoms with van der Waals surface area (Å²) in [6, 6.07) is 6.03. The van der Waals surface area contributed by atoms with Crippen molar-refractivity contribution >= 4 is 17.2 Å². The lowest BCUT2D eigenvalue weighted by molar-refractivity contribution is 0.535. The number of nitrogens with zero attached hydrogens (tertiary/aromatic N) is 2. The fourth-order valence-corrected chi connectivity index (χ4v) is 2.75. The smallest absolute Gasteiger partial charge is 0.130 e. The van der Waals surface area contributed by atoms with Crippen molar-refractivity contribution < 1.29 is 4.42 Å². The molecule has 3 heterocycles. The Morgan fingerprint density at radius 1 is 1.44 bits per heavy atom. The predicted molar refractivity (Wildman–Crippen MR) is 73.4 cm³/mol. The molecule has 0 saturated heterocycles. The first kappa shape index (κ1) is 11.1. The molecule has 0 radical (unpaired) electrons. The number of hydrogen-bond acceptors (Lipinski definition) is 4. The highest BCUT2D eigenvalue weighted by atomic mass is 32.1. The van der Waals surface area contributed by atoms with Crippen molar-refractivity contribution in [1.82, 2.24) is 9.78 Å². The van der Waals surface area contributed by atoms with Gasteiger partial charge < -0.3 is 10.2 Å². The Bertz CT molecular complexity index is 679. The highest BCUT2D eigenvalue weighted by Gasteiger charge is 2.19. The molecule has 0 aliphatic rings. The van der Waals surface area contributed by atoms with Gasteiger partial charge in [-0.2, -0.15) is 5.10 Å². The lowest BCUT2D eigenvalue weighted by Crippen LogP contribution is -1.97. The van der Waals surface area contributed by atoms with Crippen molar-refractivity contribution in [3.63, 3.8) is 0 Å². The molecule has 0 aliphatic carbocycles. The van der Waals surface area contributed by atoms with E-state index >= 15 is 0 Å². The number of rotatable bonds is 2. The molecule has 0 aromatic carbocycles. The highest BCUT2D eigenvalue weighted by molar-refractivity contribution is 7.13. The number of aryl methyl sites for hydroxylation is 2. The molecule has 2 N–H and O–H groups in total. The number of hydrogen-bond donors (Lipinski definition) is 1. The molecule has 0 fully saturated rings. The third-order valence-electron chi connectivity index (χ3n) is 2.86. The number of thiophene rings is 1. The van der Waals surface area contributed by atoms with Crippen LogP contribution in [-0.2, 0) is 7.05 Å². The molecule has 92 valence electrons. The van der Waals surface area contributed by atoms with E-state index in [1.807, 2.05) is 31.5 Å². The topological polar surface area (TPSA) is 57.0 Å². The predicted octanol–water partition coefficient (Wildman–Crippen LogP) is 3.30. The van der Waals surface area contributed by atoms with Gasteiger partial charge in [-0.15, -0.1) is 11.3 Å². The maximum absolute atomic E-state index is 6.12. The first-order valence-electron chi connectivity index (χ1n) is 5.58. The van der Waals surface area contributed by atoms with Gasteiger partial charge in [0.1, 0.15) is 23.5 Å². The van der Waals surface area contributed by atoms with Crippen molar-refractivity contribution in [2.45, 2.75) is 6.92 Å². The molecule has 0 unspecified atom stereocenters. The van der Waals surface area contributed by atoms with Crippen LogP contribution in [0.5, 0.6) is 0 Å². The van der Waals surface area contributed by atoms with Crippen LogP contribution in [0.4, 0.5) is 5.82 Å². The standard InChI is InChI=1S/C13H13N3OS/c1-8-6-9(7-17-8)12-11(10-4-3-5-18-10)13(14)16(2)15-12/h3-7H,14H2,1-2H3. The van der Waals surface area contributed by atoms with Crippen molar-refractivity contribution in [1.29, 1.82) is 0 Å². The van der Waals surface area contributed by atoms with E-state index in [9.17, 15) is 0 Å². The highest BCUT2D eigenvalue weighted by Crippen LogP contribution is 2.38. The van der Waals surface area contributed by atoms with E-state index in [2.05, 4.69) is 11.2 Å². The molecule has 3 aromatic heterocycles. The number of nitrogen functional groups attached to an aromatic ring is 1. The quantitative estimate of drug-likeness (QED) is 0.768. The van der Waals surface area contributed by atoms with Crippen molar-refractivity contribution in [2.24, 2.45) is 7.05 Å². The molecule has 3 rings (SSSR count). The normalized spacial score (nSPS) is 11.0. The fraction of sp³-hybridized carbons (Fsp3) is 0.154. The lowest BCUT2D eigenvalue weighted by Gasteiger charge is -1.98. The third-order valence-corrected chi connectivity index (χ3v) is 3.75. The molecule has 5 heteroatoms. The number of furan rings is 1. The monoisotopic (exact) mass is 259 g/mol. The average Bonchev–Trinajstić information content (AvgIpc) is 3.02. The van der Waals surface area contributed by atoms with Crippen LogP contribution in [0.2, 0.25) is 0 Å². The minimum atomic E-state index is 0.673. The van der Waals surface area contributed by atoms with Crippen LogP contribution in [0.15, 0.2) is 34.3 Å². The van der Waals surface area contributed by atoms with Crippen LogP contribution in [0, 0.1) is 6.92 Å². The van der Waals surface area contributed by atoms with E-state index in [1.165, 1.54) is 0 Å². The van der Waals surface area contributed by atoms with Gasteiger partial charge in [0.2, 0.25) is 0 Å². The SMILES string of the molecule is Cc1cc(-c2nn(C)c(N)c2-c2cccs2)co1. The Hall–Kier alpha value is -2.01. The van der Waals surface area contributed by atoms with Crippen molar-refractivity contribution in [3.8, 4) is 21.7 Å². The van der Waals surface area contributed by atoms with E-state index in [4.69, 9.17) is 10.2 Å². The summed E-state index contributed by atoms with van der Waals surface area (Å²) in [4.78, 5) is 1.12. The summed E-state index contributed by atoms with van der Waals surface area (Å²) in [6.07, 6.45) is 1.72. The summed E-state index contributed by atoms with van der Waals surface area (Å²) in [5.41, 5.74) is 8.93. The lowest BCUT2D eigenvalue weighted by atomic mass is 10.1. The van der Waals surface area contributed by atoms with Crippen LogP contribution in [-0.4, -0.2) is 9.78 Å². The molecule has 0 aliphatic heterocycles. The van der Waals surface area contributed by atoms with Gasteiger partial charge in [-0.1, -0.05) is 6.07 Å². The van der Waals surface area contributed by atoms with Crippen LogP contribution < -0.4 is 5.73 Å². The Labute approximate surface area is 109 Å². The molecule has 0 bridgehead atoms. The zero-order chi connectivity index (χ0) is 12.7. The molecule has 0 amide bonds. The summed E-state index contributed by atoms with van der Waals surface area (Å²) >= 11 is 1.66. The van der Waals surface area contributed by atoms with Gasteiger partial charge in [-0.25, -0.2) is 0 Å². The molecule has 0 saturated carbocycles. The summed E-state index contributed by atoms with van der Waals surface area (Å²) in [7, 11) is 1.85. The molecule has 0 spiro atoms. The van der Waals surface area contributed by atoms with Gasteiger partial charge in [-0.05, 0) is 24.4 Å². The zero-order valence-corrected chi connectivity index (χ0v) is 11.0. The van der Waals surface area contributed by atoms with Gasteiger partial charge in [0.05, 0.1) is 5.56 Å². The third kappa shape index (κ3) is 1.64. The molecule has 18 heavy (non-hydrogen) atoms. The van der Waals surface area contributed by atoms with Gasteiger partial charge >= 0.3 is 0 Å². The summed E-state index contributed by atoms with van der Waals surface area (Å²) < 4.78 is 7.05. The van der Waals surface area contributed by atoms with E-state index in [0.29, 0.717) is 5.82 Å². The van der Waals surface area contributed by atoms with E-state index in [-0.39, 0.29) is 0 Å². The Balaban J connectivity index is 2.24. The van der Waals surface area contributed by atoms with Crippen LogP contribution in [0.1, 0.15) is 5.76 Å². The number of nitrogens with two attached hydrogens (primary N) is 1. The van der Waals surface area contributed by atoms with Gasteiger partial charge in [-0.3, -0.25) is 4.68 Å². The summed E-state index contributed by atoms with van der Waals surface area (Å²) in [5, 5.41) is 6.52. The van der Waals surface area contributed by atoms with Gasteiger partial charge in [0.25, 0.3) is 0 Å². The zero-order valence-electron chi connectivity index (χ0n) is 10.2. The Morgan fingerprint density at radius 3 is 2.89 bits per heavy atom. The maximum Gasteiger partial charge on any atom is 0.130 e. The van der Waals surface area contributed by atoms with E-state index in [0.717, 1.165) is 27.5 Å². The minimum Gasteiger partial charge on any atom is -0.469 e. The van der Waals surface area contributed by atoms with Crippen molar-refractivity contribution in [3.05, 3.63) is 35.6 Å².